The average Bonchev–Trinajstić information content (AvgIpc) is 3.16. The SMILES string of the molecule is CC(C)n1c(=O)c2cnc(Nc3ccc4c(c3)CNCC4)nc2n1-c1ccnc(N(C)CCO)c1. The molecule has 0 saturated heterocycles. The number of hydrogen-bond donors (Lipinski definition) is 3. The van der Waals surface area contributed by atoms with Gasteiger partial charge in [0, 0.05) is 50.3 Å². The normalized spacial score (nSPS) is 13.3. The summed E-state index contributed by atoms with van der Waals surface area (Å²) in [5.41, 5.74) is 4.65. The second-order valence-electron chi connectivity index (χ2n) is 9.04. The molecule has 10 heteroatoms. The van der Waals surface area contributed by atoms with Crippen LogP contribution in [0.4, 0.5) is 17.5 Å². The van der Waals surface area contributed by atoms with Gasteiger partial charge in [-0.25, -0.2) is 19.3 Å². The first-order valence-electron chi connectivity index (χ1n) is 11.8. The van der Waals surface area contributed by atoms with E-state index in [1.165, 1.54) is 11.1 Å². The summed E-state index contributed by atoms with van der Waals surface area (Å²) in [5.74, 6) is 1.11. The third kappa shape index (κ3) is 4.38. The van der Waals surface area contributed by atoms with E-state index in [1.54, 1.807) is 17.1 Å². The van der Waals surface area contributed by atoms with Crippen molar-refractivity contribution >= 4 is 28.5 Å². The lowest BCUT2D eigenvalue weighted by Crippen LogP contribution is -2.25. The summed E-state index contributed by atoms with van der Waals surface area (Å²) in [4.78, 5) is 28.8. The Morgan fingerprint density at radius 2 is 2.06 bits per heavy atom. The van der Waals surface area contributed by atoms with E-state index in [9.17, 15) is 9.90 Å². The number of aliphatic hydroxyl groups excluding tert-OH is 1. The Bertz CT molecular complexity index is 1430. The van der Waals surface area contributed by atoms with Crippen LogP contribution in [0.1, 0.15) is 31.0 Å². The molecular formula is C25H30N8O2. The van der Waals surface area contributed by atoms with Crippen LogP contribution in [0.2, 0.25) is 0 Å². The predicted octanol–water partition coefficient (Wildman–Crippen LogP) is 2.38. The molecule has 182 valence electrons. The first-order chi connectivity index (χ1) is 17.0. The van der Waals surface area contributed by atoms with Crippen molar-refractivity contribution in [2.75, 3.05) is 37.0 Å². The number of nitrogens with zero attached hydrogens (tertiary/aromatic N) is 6. The van der Waals surface area contributed by atoms with Crippen LogP contribution in [0.3, 0.4) is 0 Å². The fraction of sp³-hybridized carbons (Fsp3) is 0.360. The highest BCUT2D eigenvalue weighted by molar-refractivity contribution is 5.77. The van der Waals surface area contributed by atoms with Gasteiger partial charge in [-0.15, -0.1) is 0 Å². The maximum Gasteiger partial charge on any atom is 0.278 e. The minimum Gasteiger partial charge on any atom is -0.395 e. The highest BCUT2D eigenvalue weighted by atomic mass is 16.3. The number of aliphatic hydroxyl groups is 1. The minimum atomic E-state index is -0.150. The van der Waals surface area contributed by atoms with E-state index in [-0.39, 0.29) is 18.2 Å². The summed E-state index contributed by atoms with van der Waals surface area (Å²) in [7, 11) is 1.87. The van der Waals surface area contributed by atoms with Gasteiger partial charge in [0.05, 0.1) is 12.3 Å². The fourth-order valence-electron chi connectivity index (χ4n) is 4.47. The van der Waals surface area contributed by atoms with Gasteiger partial charge in [0.1, 0.15) is 11.2 Å². The average molecular weight is 475 g/mol. The van der Waals surface area contributed by atoms with Crippen LogP contribution in [0.5, 0.6) is 0 Å². The lowest BCUT2D eigenvalue weighted by Gasteiger charge is -2.19. The first-order valence-corrected chi connectivity index (χ1v) is 11.8. The smallest absolute Gasteiger partial charge is 0.278 e. The van der Waals surface area contributed by atoms with Crippen molar-refractivity contribution < 1.29 is 5.11 Å². The molecule has 35 heavy (non-hydrogen) atoms. The molecule has 0 saturated carbocycles. The molecular weight excluding hydrogens is 444 g/mol. The molecule has 1 aliphatic heterocycles. The molecule has 5 rings (SSSR count). The Morgan fingerprint density at radius 1 is 1.20 bits per heavy atom. The van der Waals surface area contributed by atoms with E-state index in [0.29, 0.717) is 29.3 Å². The molecule has 0 spiro atoms. The van der Waals surface area contributed by atoms with Crippen LogP contribution in [0, 0.1) is 0 Å². The molecule has 0 fully saturated rings. The third-order valence-corrected chi connectivity index (χ3v) is 6.26. The number of benzene rings is 1. The highest BCUT2D eigenvalue weighted by Crippen LogP contribution is 2.24. The lowest BCUT2D eigenvalue weighted by atomic mass is 10.0. The summed E-state index contributed by atoms with van der Waals surface area (Å²) < 4.78 is 3.50. The summed E-state index contributed by atoms with van der Waals surface area (Å²) in [6.07, 6.45) is 4.30. The van der Waals surface area contributed by atoms with Gasteiger partial charge < -0.3 is 20.6 Å². The van der Waals surface area contributed by atoms with E-state index in [1.807, 2.05) is 48.7 Å². The van der Waals surface area contributed by atoms with Gasteiger partial charge in [0.25, 0.3) is 5.56 Å². The van der Waals surface area contributed by atoms with E-state index in [2.05, 4.69) is 32.7 Å². The van der Waals surface area contributed by atoms with Gasteiger partial charge in [0.15, 0.2) is 5.65 Å². The number of aromatic nitrogens is 5. The Hall–Kier alpha value is -3.76. The Labute approximate surface area is 203 Å². The van der Waals surface area contributed by atoms with Crippen molar-refractivity contribution in [2.24, 2.45) is 0 Å². The minimum absolute atomic E-state index is 0.0204. The Morgan fingerprint density at radius 3 is 2.86 bits per heavy atom. The maximum absolute atomic E-state index is 13.3. The number of rotatable bonds is 7. The molecule has 0 radical (unpaired) electrons. The van der Waals surface area contributed by atoms with Crippen LogP contribution >= 0.6 is 0 Å². The van der Waals surface area contributed by atoms with Crippen molar-refractivity contribution in [1.82, 2.24) is 29.6 Å². The number of hydrogen-bond acceptors (Lipinski definition) is 8. The van der Waals surface area contributed by atoms with Gasteiger partial charge in [0.2, 0.25) is 5.95 Å². The molecule has 0 amide bonds. The van der Waals surface area contributed by atoms with Gasteiger partial charge in [-0.1, -0.05) is 6.07 Å². The number of nitrogens with one attached hydrogen (secondary N) is 2. The number of fused-ring (bicyclic) bond motifs is 2. The largest absolute Gasteiger partial charge is 0.395 e. The van der Waals surface area contributed by atoms with Gasteiger partial charge in [-0.3, -0.25) is 4.79 Å². The maximum atomic E-state index is 13.3. The van der Waals surface area contributed by atoms with Crippen molar-refractivity contribution in [3.63, 3.8) is 0 Å². The molecule has 0 atom stereocenters. The summed E-state index contributed by atoms with van der Waals surface area (Å²) >= 11 is 0. The fourth-order valence-corrected chi connectivity index (χ4v) is 4.47. The van der Waals surface area contributed by atoms with Crippen molar-refractivity contribution in [3.8, 4) is 5.69 Å². The highest BCUT2D eigenvalue weighted by Gasteiger charge is 2.20. The van der Waals surface area contributed by atoms with Crippen molar-refractivity contribution in [2.45, 2.75) is 32.9 Å². The van der Waals surface area contributed by atoms with Gasteiger partial charge in [-0.2, -0.15) is 4.98 Å². The molecule has 4 aromatic rings. The van der Waals surface area contributed by atoms with Gasteiger partial charge >= 0.3 is 0 Å². The lowest BCUT2D eigenvalue weighted by molar-refractivity contribution is 0.304. The standard InChI is InChI=1S/C25H30N8O2/c1-16(2)32-24(35)21-15-28-25(29-19-5-4-17-6-8-26-14-18(17)12-19)30-23(21)33(32)20-7-9-27-22(13-20)31(3)10-11-34/h4-5,7,9,12-13,15-16,26,34H,6,8,10-11,14H2,1-3H3,(H,28,29,30). The van der Waals surface area contributed by atoms with Crippen LogP contribution in [0.15, 0.2) is 47.5 Å². The van der Waals surface area contributed by atoms with Gasteiger partial charge in [-0.05, 0) is 56.1 Å². The second-order valence-corrected chi connectivity index (χ2v) is 9.04. The number of anilines is 3. The zero-order chi connectivity index (χ0) is 24.5. The van der Waals surface area contributed by atoms with E-state index in [4.69, 9.17) is 4.98 Å². The van der Waals surface area contributed by atoms with Crippen LogP contribution < -0.4 is 21.1 Å². The Kier molecular flexibility index (Phi) is 6.23. The summed E-state index contributed by atoms with van der Waals surface area (Å²) in [6, 6.07) is 9.93. The zero-order valence-electron chi connectivity index (χ0n) is 20.2. The first kappa shape index (κ1) is 23.0. The van der Waals surface area contributed by atoms with Crippen molar-refractivity contribution in [1.29, 1.82) is 0 Å². The second kappa shape index (κ2) is 9.47. The molecule has 0 bridgehead atoms. The molecule has 0 unspecified atom stereocenters. The molecule has 1 aliphatic rings. The summed E-state index contributed by atoms with van der Waals surface area (Å²) in [6.45, 7) is 6.24. The van der Waals surface area contributed by atoms with E-state index < -0.39 is 0 Å². The number of likely N-dealkylation sites (N-methyl/N-ethyl adjacent to an activating group) is 1. The van der Waals surface area contributed by atoms with E-state index in [0.717, 1.165) is 30.9 Å². The molecule has 10 nitrogen and oxygen atoms in total. The topological polar surface area (TPSA) is 113 Å². The zero-order valence-corrected chi connectivity index (χ0v) is 20.2. The monoisotopic (exact) mass is 474 g/mol. The third-order valence-electron chi connectivity index (χ3n) is 6.26. The molecule has 3 aromatic heterocycles. The van der Waals surface area contributed by atoms with Crippen LogP contribution in [-0.2, 0) is 13.0 Å². The van der Waals surface area contributed by atoms with Crippen LogP contribution in [-0.4, -0.2) is 56.2 Å². The Balaban J connectivity index is 1.60. The van der Waals surface area contributed by atoms with Crippen LogP contribution in [0.25, 0.3) is 16.7 Å². The molecule has 4 heterocycles. The van der Waals surface area contributed by atoms with Crippen molar-refractivity contribution in [3.05, 3.63) is 64.2 Å². The van der Waals surface area contributed by atoms with E-state index >= 15 is 0 Å². The quantitative estimate of drug-likeness (QED) is 0.374. The molecule has 3 N–H and O–H groups in total. The predicted molar refractivity (Wildman–Crippen MR) is 137 cm³/mol. The molecule has 0 aliphatic carbocycles. The number of pyridine rings is 1. The summed E-state index contributed by atoms with van der Waals surface area (Å²) in [5, 5.41) is 16.5. The molecule has 1 aromatic carbocycles.